The minimum Gasteiger partial charge on any atom is -0.328 e. The standard InChI is InChI=1S/C10H9Cl3N2/c11-6-4-7(12)10(8(13)5-6)15-3-1-2-9(15)14/h4-5,14H,1-3H2. The van der Waals surface area contributed by atoms with Gasteiger partial charge in [-0.25, -0.2) is 0 Å². The van der Waals surface area contributed by atoms with Gasteiger partial charge in [0, 0.05) is 18.0 Å². The van der Waals surface area contributed by atoms with Crippen LogP contribution in [0.2, 0.25) is 15.1 Å². The molecule has 1 aliphatic rings. The lowest BCUT2D eigenvalue weighted by atomic mass is 10.3. The van der Waals surface area contributed by atoms with Gasteiger partial charge < -0.3 is 4.90 Å². The van der Waals surface area contributed by atoms with Crippen LogP contribution in [0.3, 0.4) is 0 Å². The summed E-state index contributed by atoms with van der Waals surface area (Å²) < 4.78 is 0. The molecule has 1 heterocycles. The lowest BCUT2D eigenvalue weighted by Gasteiger charge is -2.20. The molecule has 1 aromatic carbocycles. The van der Waals surface area contributed by atoms with Crippen molar-refractivity contribution in [2.45, 2.75) is 12.8 Å². The molecule has 15 heavy (non-hydrogen) atoms. The van der Waals surface area contributed by atoms with Gasteiger partial charge >= 0.3 is 0 Å². The normalized spacial score (nSPS) is 16.2. The lowest BCUT2D eigenvalue weighted by molar-refractivity contribution is 0.957. The molecule has 0 spiro atoms. The van der Waals surface area contributed by atoms with E-state index < -0.39 is 0 Å². The number of amidine groups is 1. The van der Waals surface area contributed by atoms with E-state index in [-0.39, 0.29) is 0 Å². The quantitative estimate of drug-likeness (QED) is 0.807. The summed E-state index contributed by atoms with van der Waals surface area (Å²) in [6.45, 7) is 0.792. The van der Waals surface area contributed by atoms with Crippen molar-refractivity contribution >= 4 is 46.3 Å². The van der Waals surface area contributed by atoms with Crippen LogP contribution in [-0.2, 0) is 0 Å². The third-order valence-corrected chi connectivity index (χ3v) is 3.17. The van der Waals surface area contributed by atoms with Crippen molar-refractivity contribution in [3.63, 3.8) is 0 Å². The highest BCUT2D eigenvalue weighted by atomic mass is 35.5. The first kappa shape index (κ1) is 11.1. The summed E-state index contributed by atoms with van der Waals surface area (Å²) in [5, 5.41) is 9.28. The number of halogens is 3. The maximum absolute atomic E-state index is 7.77. The number of anilines is 1. The Kier molecular flexibility index (Phi) is 3.10. The molecule has 80 valence electrons. The minimum absolute atomic E-state index is 0.499. The molecular weight excluding hydrogens is 254 g/mol. The molecule has 0 aromatic heterocycles. The molecule has 0 bridgehead atoms. The number of benzene rings is 1. The van der Waals surface area contributed by atoms with Gasteiger partial charge in [-0.1, -0.05) is 34.8 Å². The molecule has 0 amide bonds. The molecule has 0 atom stereocenters. The number of rotatable bonds is 1. The molecule has 2 nitrogen and oxygen atoms in total. The van der Waals surface area contributed by atoms with Crippen LogP contribution in [0, 0.1) is 5.41 Å². The van der Waals surface area contributed by atoms with E-state index in [9.17, 15) is 0 Å². The van der Waals surface area contributed by atoms with Gasteiger partial charge in [0.05, 0.1) is 15.7 Å². The van der Waals surface area contributed by atoms with Crippen molar-refractivity contribution in [3.8, 4) is 0 Å². The average molecular weight is 264 g/mol. The molecule has 1 fully saturated rings. The predicted molar refractivity (Wildman–Crippen MR) is 65.8 cm³/mol. The molecule has 5 heteroatoms. The summed E-state index contributed by atoms with van der Waals surface area (Å²) in [7, 11) is 0. The smallest absolute Gasteiger partial charge is 0.100 e. The van der Waals surface area contributed by atoms with E-state index >= 15 is 0 Å². The second-order valence-corrected chi connectivity index (χ2v) is 4.67. The number of nitrogens with zero attached hydrogens (tertiary/aromatic N) is 1. The van der Waals surface area contributed by atoms with Crippen molar-refractivity contribution in [2.24, 2.45) is 0 Å². The highest BCUT2D eigenvalue weighted by Gasteiger charge is 2.23. The van der Waals surface area contributed by atoms with E-state index in [1.807, 2.05) is 4.90 Å². The van der Waals surface area contributed by atoms with Crippen LogP contribution in [0.5, 0.6) is 0 Å². The Bertz CT molecular complexity index is 394. The summed E-state index contributed by atoms with van der Waals surface area (Å²) in [5.74, 6) is 0.557. The van der Waals surface area contributed by atoms with E-state index in [0.29, 0.717) is 26.6 Å². The van der Waals surface area contributed by atoms with Crippen molar-refractivity contribution in [2.75, 3.05) is 11.4 Å². The van der Waals surface area contributed by atoms with Gasteiger partial charge in [0.25, 0.3) is 0 Å². The zero-order valence-electron chi connectivity index (χ0n) is 7.86. The van der Waals surface area contributed by atoms with Crippen molar-refractivity contribution < 1.29 is 0 Å². The monoisotopic (exact) mass is 262 g/mol. The molecule has 1 aliphatic heterocycles. The molecular formula is C10H9Cl3N2. The SMILES string of the molecule is N=C1CCCN1c1c(Cl)cc(Cl)cc1Cl. The van der Waals surface area contributed by atoms with E-state index in [2.05, 4.69) is 0 Å². The molecule has 1 aromatic rings. The van der Waals surface area contributed by atoms with Gasteiger partial charge in [-0.05, 0) is 18.6 Å². The van der Waals surface area contributed by atoms with Gasteiger partial charge in [0.1, 0.15) is 5.84 Å². The molecule has 1 N–H and O–H groups in total. The lowest BCUT2D eigenvalue weighted by Crippen LogP contribution is -2.23. The largest absolute Gasteiger partial charge is 0.328 e. The first-order valence-corrected chi connectivity index (χ1v) is 5.72. The Morgan fingerprint density at radius 3 is 2.20 bits per heavy atom. The Hall–Kier alpha value is -0.440. The van der Waals surface area contributed by atoms with Gasteiger partial charge in [-0.2, -0.15) is 0 Å². The molecule has 1 saturated heterocycles. The second kappa shape index (κ2) is 4.20. The van der Waals surface area contributed by atoms with Crippen LogP contribution >= 0.6 is 34.8 Å². The Balaban J connectivity index is 2.47. The van der Waals surface area contributed by atoms with Crippen LogP contribution in [0.15, 0.2) is 12.1 Å². The predicted octanol–water partition coefficient (Wildman–Crippen LogP) is 4.22. The molecule has 0 radical (unpaired) electrons. The Morgan fingerprint density at radius 1 is 1.13 bits per heavy atom. The number of hydrogen-bond donors (Lipinski definition) is 1. The summed E-state index contributed by atoms with van der Waals surface area (Å²) >= 11 is 18.0. The summed E-state index contributed by atoms with van der Waals surface area (Å²) in [6, 6.07) is 3.30. The van der Waals surface area contributed by atoms with Gasteiger partial charge in [-0.15, -0.1) is 0 Å². The summed E-state index contributed by atoms with van der Waals surface area (Å²) in [4.78, 5) is 1.83. The zero-order chi connectivity index (χ0) is 11.0. The fourth-order valence-corrected chi connectivity index (χ4v) is 2.73. The van der Waals surface area contributed by atoms with Crippen molar-refractivity contribution in [1.29, 1.82) is 5.41 Å². The molecule has 2 rings (SSSR count). The van der Waals surface area contributed by atoms with Gasteiger partial charge in [-0.3, -0.25) is 5.41 Å². The highest BCUT2D eigenvalue weighted by Crippen LogP contribution is 2.38. The number of nitrogens with one attached hydrogen (secondary N) is 1. The van der Waals surface area contributed by atoms with Crippen LogP contribution < -0.4 is 4.90 Å². The first-order chi connectivity index (χ1) is 7.09. The topological polar surface area (TPSA) is 27.1 Å². The highest BCUT2D eigenvalue weighted by molar-refractivity contribution is 6.42. The average Bonchev–Trinajstić information content (AvgIpc) is 2.50. The second-order valence-electron chi connectivity index (χ2n) is 3.42. The van der Waals surface area contributed by atoms with Crippen molar-refractivity contribution in [1.82, 2.24) is 0 Å². The van der Waals surface area contributed by atoms with E-state index in [1.54, 1.807) is 12.1 Å². The Morgan fingerprint density at radius 2 is 1.73 bits per heavy atom. The van der Waals surface area contributed by atoms with Crippen molar-refractivity contribution in [3.05, 3.63) is 27.2 Å². The van der Waals surface area contributed by atoms with Gasteiger partial charge in [0.2, 0.25) is 0 Å². The third kappa shape index (κ3) is 2.07. The summed E-state index contributed by atoms with van der Waals surface area (Å²) in [6.07, 6.45) is 1.74. The van der Waals surface area contributed by atoms with Crippen LogP contribution in [0.1, 0.15) is 12.8 Å². The summed E-state index contributed by atoms with van der Waals surface area (Å²) in [5.41, 5.74) is 0.699. The maximum atomic E-state index is 7.77. The molecule has 0 saturated carbocycles. The fraction of sp³-hybridized carbons (Fsp3) is 0.300. The first-order valence-electron chi connectivity index (χ1n) is 4.59. The van der Waals surface area contributed by atoms with E-state index in [0.717, 1.165) is 19.4 Å². The maximum Gasteiger partial charge on any atom is 0.100 e. The molecule has 0 aliphatic carbocycles. The van der Waals surface area contributed by atoms with Crippen LogP contribution in [0.4, 0.5) is 5.69 Å². The zero-order valence-corrected chi connectivity index (χ0v) is 10.1. The van der Waals surface area contributed by atoms with E-state index in [4.69, 9.17) is 40.2 Å². The third-order valence-electron chi connectivity index (χ3n) is 2.37. The fourth-order valence-electron chi connectivity index (χ4n) is 1.71. The van der Waals surface area contributed by atoms with E-state index in [1.165, 1.54) is 0 Å². The van der Waals surface area contributed by atoms with Gasteiger partial charge in [0.15, 0.2) is 0 Å². The number of hydrogen-bond acceptors (Lipinski definition) is 1. The van der Waals surface area contributed by atoms with Crippen LogP contribution in [0.25, 0.3) is 0 Å². The Labute approximate surface area is 103 Å². The minimum atomic E-state index is 0.499. The molecule has 0 unspecified atom stereocenters. The van der Waals surface area contributed by atoms with Crippen LogP contribution in [-0.4, -0.2) is 12.4 Å².